The van der Waals surface area contributed by atoms with Crippen molar-refractivity contribution in [2.75, 3.05) is 22.4 Å². The molecule has 0 heterocycles. The van der Waals surface area contributed by atoms with Crippen molar-refractivity contribution in [3.63, 3.8) is 0 Å². The Morgan fingerprint density at radius 1 is 1.15 bits per heavy atom. The molecule has 2 aromatic rings. The fourth-order valence-electron chi connectivity index (χ4n) is 2.67. The Hall–Kier alpha value is -2.85. The largest absolute Gasteiger partial charge is 0.326 e. The summed E-state index contributed by atoms with van der Waals surface area (Å²) in [6.07, 6.45) is 1.12. The van der Waals surface area contributed by atoms with Gasteiger partial charge in [-0.2, -0.15) is 5.26 Å². The number of rotatable bonds is 6. The van der Waals surface area contributed by atoms with Crippen LogP contribution in [0.4, 0.5) is 11.4 Å². The number of aryl methyl sites for hydroxylation is 2. The highest BCUT2D eigenvalue weighted by molar-refractivity contribution is 7.92. The van der Waals surface area contributed by atoms with E-state index in [-0.39, 0.29) is 18.9 Å². The topological polar surface area (TPSA) is 90.3 Å². The van der Waals surface area contributed by atoms with Gasteiger partial charge in [-0.1, -0.05) is 12.1 Å². The molecule has 1 amide bonds. The Morgan fingerprint density at radius 2 is 1.81 bits per heavy atom. The lowest BCUT2D eigenvalue weighted by atomic mass is 10.1. The van der Waals surface area contributed by atoms with E-state index < -0.39 is 10.0 Å². The van der Waals surface area contributed by atoms with E-state index in [1.54, 1.807) is 36.4 Å². The molecule has 0 aliphatic heterocycles. The summed E-state index contributed by atoms with van der Waals surface area (Å²) < 4.78 is 25.6. The number of carbonyl (C=O) groups excluding carboxylic acids is 1. The van der Waals surface area contributed by atoms with Crippen molar-refractivity contribution in [3.8, 4) is 6.07 Å². The molecule has 26 heavy (non-hydrogen) atoms. The lowest BCUT2D eigenvalue weighted by molar-refractivity contribution is -0.116. The van der Waals surface area contributed by atoms with Crippen molar-refractivity contribution in [1.82, 2.24) is 0 Å². The second-order valence-corrected chi connectivity index (χ2v) is 8.08. The Morgan fingerprint density at radius 3 is 2.38 bits per heavy atom. The first-order valence-corrected chi connectivity index (χ1v) is 9.90. The Bertz CT molecular complexity index is 942. The zero-order valence-corrected chi connectivity index (χ0v) is 15.8. The van der Waals surface area contributed by atoms with Crippen LogP contribution in [0, 0.1) is 25.2 Å². The molecule has 0 aromatic heterocycles. The monoisotopic (exact) mass is 371 g/mol. The highest BCUT2D eigenvalue weighted by Crippen LogP contribution is 2.21. The second kappa shape index (κ2) is 8.02. The quantitative estimate of drug-likeness (QED) is 0.845. The molecule has 2 aromatic carbocycles. The van der Waals surface area contributed by atoms with Crippen LogP contribution in [0.5, 0.6) is 0 Å². The van der Waals surface area contributed by atoms with Gasteiger partial charge in [0.1, 0.15) is 0 Å². The lowest BCUT2D eigenvalue weighted by Crippen LogP contribution is -2.33. The summed E-state index contributed by atoms with van der Waals surface area (Å²) in [6.45, 7) is 3.82. The van der Waals surface area contributed by atoms with Crippen LogP contribution in [-0.2, 0) is 14.8 Å². The van der Waals surface area contributed by atoms with Crippen LogP contribution < -0.4 is 9.62 Å². The molecular formula is C19H21N3O3S. The minimum absolute atomic E-state index is 0.00313. The molecule has 0 aliphatic carbocycles. The van der Waals surface area contributed by atoms with Gasteiger partial charge < -0.3 is 5.32 Å². The Labute approximate surface area is 154 Å². The highest BCUT2D eigenvalue weighted by Gasteiger charge is 2.19. The van der Waals surface area contributed by atoms with E-state index in [0.29, 0.717) is 16.9 Å². The maximum Gasteiger partial charge on any atom is 0.232 e. The van der Waals surface area contributed by atoms with Gasteiger partial charge in [-0.25, -0.2) is 8.42 Å². The molecule has 0 atom stereocenters. The van der Waals surface area contributed by atoms with Crippen LogP contribution in [0.25, 0.3) is 0 Å². The third-order valence-corrected chi connectivity index (χ3v) is 4.91. The van der Waals surface area contributed by atoms with E-state index in [4.69, 9.17) is 5.26 Å². The molecule has 0 saturated heterocycles. The maximum atomic E-state index is 12.2. The van der Waals surface area contributed by atoms with Crippen LogP contribution in [0.15, 0.2) is 42.5 Å². The molecule has 0 radical (unpaired) electrons. The minimum atomic E-state index is -3.52. The van der Waals surface area contributed by atoms with Gasteiger partial charge in [0, 0.05) is 18.7 Å². The molecule has 136 valence electrons. The SMILES string of the molecule is Cc1cc(C)cc(N(CCC(=O)Nc2cccc(C#N)c2)S(C)(=O)=O)c1. The molecule has 0 saturated carbocycles. The number of benzene rings is 2. The summed E-state index contributed by atoms with van der Waals surface area (Å²) in [6, 6.07) is 14.1. The molecule has 0 aliphatic rings. The third-order valence-electron chi connectivity index (χ3n) is 3.71. The first kappa shape index (κ1) is 19.5. The fraction of sp³-hybridized carbons (Fsp3) is 0.263. The van der Waals surface area contributed by atoms with Gasteiger partial charge in [0.25, 0.3) is 0 Å². The smallest absolute Gasteiger partial charge is 0.232 e. The standard InChI is InChI=1S/C19H21N3O3S/c1-14-9-15(2)11-18(10-14)22(26(3,24)25)8-7-19(23)21-17-6-4-5-16(12-17)13-20/h4-6,9-12H,7-8H2,1-3H3,(H,21,23). The van der Waals surface area contributed by atoms with Crippen molar-refractivity contribution in [1.29, 1.82) is 5.26 Å². The number of amides is 1. The fourth-order valence-corrected chi connectivity index (χ4v) is 3.59. The second-order valence-electron chi connectivity index (χ2n) is 6.17. The molecule has 0 spiro atoms. The molecule has 7 heteroatoms. The molecule has 0 unspecified atom stereocenters. The summed E-state index contributed by atoms with van der Waals surface area (Å²) in [5.41, 5.74) is 3.39. The van der Waals surface area contributed by atoms with E-state index in [1.165, 1.54) is 4.31 Å². The number of hydrogen-bond acceptors (Lipinski definition) is 4. The first-order chi connectivity index (χ1) is 12.2. The molecular weight excluding hydrogens is 350 g/mol. The van der Waals surface area contributed by atoms with Gasteiger partial charge in [0.15, 0.2) is 0 Å². The van der Waals surface area contributed by atoms with Crippen molar-refractivity contribution < 1.29 is 13.2 Å². The van der Waals surface area contributed by atoms with Crippen LogP contribution in [0.1, 0.15) is 23.1 Å². The summed E-state index contributed by atoms with van der Waals surface area (Å²) >= 11 is 0. The van der Waals surface area contributed by atoms with Crippen LogP contribution >= 0.6 is 0 Å². The van der Waals surface area contributed by atoms with E-state index >= 15 is 0 Å². The van der Waals surface area contributed by atoms with Crippen LogP contribution in [-0.4, -0.2) is 27.1 Å². The third kappa shape index (κ3) is 5.33. The van der Waals surface area contributed by atoms with Crippen LogP contribution in [0.2, 0.25) is 0 Å². The summed E-state index contributed by atoms with van der Waals surface area (Å²) in [4.78, 5) is 12.2. The van der Waals surface area contributed by atoms with Gasteiger partial charge in [-0.3, -0.25) is 9.10 Å². The highest BCUT2D eigenvalue weighted by atomic mass is 32.2. The normalized spacial score (nSPS) is 10.8. The first-order valence-electron chi connectivity index (χ1n) is 8.05. The van der Waals surface area contributed by atoms with Crippen LogP contribution in [0.3, 0.4) is 0 Å². The van der Waals surface area contributed by atoms with E-state index in [9.17, 15) is 13.2 Å². The van der Waals surface area contributed by atoms with Gasteiger partial charge in [0.05, 0.1) is 23.6 Å². The van der Waals surface area contributed by atoms with E-state index in [2.05, 4.69) is 5.32 Å². The summed E-state index contributed by atoms with van der Waals surface area (Å²) in [7, 11) is -3.52. The number of anilines is 2. The predicted molar refractivity (Wildman–Crippen MR) is 103 cm³/mol. The predicted octanol–water partition coefficient (Wildman–Crippen LogP) is 2.97. The number of nitrogens with one attached hydrogen (secondary N) is 1. The summed E-state index contributed by atoms with van der Waals surface area (Å²) in [5.74, 6) is -0.321. The average Bonchev–Trinajstić information content (AvgIpc) is 2.53. The number of nitriles is 1. The lowest BCUT2D eigenvalue weighted by Gasteiger charge is -2.23. The Kier molecular flexibility index (Phi) is 6.01. The zero-order valence-electron chi connectivity index (χ0n) is 15.0. The average molecular weight is 371 g/mol. The molecule has 2 rings (SSSR count). The number of carbonyl (C=O) groups is 1. The van der Waals surface area contributed by atoms with Gasteiger partial charge in [0.2, 0.25) is 15.9 Å². The number of sulfonamides is 1. The van der Waals surface area contributed by atoms with Gasteiger partial charge in [-0.15, -0.1) is 0 Å². The Balaban J connectivity index is 2.12. The number of hydrogen-bond donors (Lipinski definition) is 1. The van der Waals surface area contributed by atoms with Crippen molar-refractivity contribution >= 4 is 27.3 Å². The van der Waals surface area contributed by atoms with Gasteiger partial charge in [-0.05, 0) is 55.3 Å². The maximum absolute atomic E-state index is 12.2. The number of nitrogens with zero attached hydrogens (tertiary/aromatic N) is 2. The zero-order chi connectivity index (χ0) is 19.3. The molecule has 0 fully saturated rings. The van der Waals surface area contributed by atoms with Crippen molar-refractivity contribution in [3.05, 3.63) is 59.2 Å². The van der Waals surface area contributed by atoms with E-state index in [1.807, 2.05) is 26.0 Å². The molecule has 1 N–H and O–H groups in total. The summed E-state index contributed by atoms with van der Waals surface area (Å²) in [5, 5.41) is 11.6. The van der Waals surface area contributed by atoms with E-state index in [0.717, 1.165) is 17.4 Å². The minimum Gasteiger partial charge on any atom is -0.326 e. The van der Waals surface area contributed by atoms with Gasteiger partial charge >= 0.3 is 0 Å². The van der Waals surface area contributed by atoms with Crippen molar-refractivity contribution in [2.45, 2.75) is 20.3 Å². The molecule has 0 bridgehead atoms. The molecule has 6 nitrogen and oxygen atoms in total. The van der Waals surface area contributed by atoms with Crippen molar-refractivity contribution in [2.24, 2.45) is 0 Å².